The van der Waals surface area contributed by atoms with Gasteiger partial charge in [-0.25, -0.2) is 4.79 Å². The molecule has 0 amide bonds. The fourth-order valence-electron chi connectivity index (χ4n) is 4.38. The zero-order valence-corrected chi connectivity index (χ0v) is 17.7. The number of allylic oxidation sites excluding steroid dienone is 3. The van der Waals surface area contributed by atoms with E-state index in [4.69, 9.17) is 25.8 Å². The third-order valence-corrected chi connectivity index (χ3v) is 5.87. The van der Waals surface area contributed by atoms with Crippen LogP contribution in [0.15, 0.2) is 34.7 Å². The lowest BCUT2D eigenvalue weighted by Gasteiger charge is -2.39. The Morgan fingerprint density at radius 2 is 1.97 bits per heavy atom. The van der Waals surface area contributed by atoms with Gasteiger partial charge in [0.2, 0.25) is 6.79 Å². The lowest BCUT2D eigenvalue weighted by atomic mass is 9.68. The van der Waals surface area contributed by atoms with Crippen LogP contribution in [0.2, 0.25) is 5.02 Å². The number of Topliss-reactive ketones (excluding diaryl/α,β-unsaturated/α-hetero) is 1. The molecule has 0 saturated carbocycles. The average molecular weight is 418 g/mol. The first kappa shape index (κ1) is 19.8. The molecule has 3 aliphatic rings. The highest BCUT2D eigenvalue weighted by molar-refractivity contribution is 6.32. The maximum Gasteiger partial charge on any atom is 0.336 e. The Morgan fingerprint density at radius 3 is 2.66 bits per heavy atom. The topological polar surface area (TPSA) is 73.9 Å². The molecule has 2 heterocycles. The quantitative estimate of drug-likeness (QED) is 0.741. The van der Waals surface area contributed by atoms with Gasteiger partial charge < -0.3 is 19.5 Å². The van der Waals surface area contributed by atoms with E-state index in [1.807, 2.05) is 6.92 Å². The Hall–Kier alpha value is -2.47. The van der Waals surface area contributed by atoms with Gasteiger partial charge in [0.1, 0.15) is 0 Å². The lowest BCUT2D eigenvalue weighted by Crippen LogP contribution is -2.38. The predicted molar refractivity (Wildman–Crippen MR) is 108 cm³/mol. The fourth-order valence-corrected chi connectivity index (χ4v) is 4.64. The smallest absolute Gasteiger partial charge is 0.336 e. The van der Waals surface area contributed by atoms with Crippen molar-refractivity contribution < 1.29 is 23.8 Å². The van der Waals surface area contributed by atoms with Crippen molar-refractivity contribution in [2.45, 2.75) is 46.5 Å². The number of rotatable bonds is 3. The van der Waals surface area contributed by atoms with Crippen LogP contribution in [-0.4, -0.2) is 25.2 Å². The molecule has 0 radical (unpaired) electrons. The van der Waals surface area contributed by atoms with Gasteiger partial charge in [0.25, 0.3) is 0 Å². The first-order valence-electron chi connectivity index (χ1n) is 9.72. The van der Waals surface area contributed by atoms with E-state index < -0.39 is 11.9 Å². The number of benzene rings is 1. The summed E-state index contributed by atoms with van der Waals surface area (Å²) in [5.41, 5.74) is 2.98. The molecule has 0 bridgehead atoms. The Morgan fingerprint density at radius 1 is 1.28 bits per heavy atom. The van der Waals surface area contributed by atoms with Crippen LogP contribution in [0.5, 0.6) is 11.5 Å². The minimum absolute atomic E-state index is 0.0109. The molecule has 1 N–H and O–H groups in total. The van der Waals surface area contributed by atoms with Gasteiger partial charge in [0.15, 0.2) is 17.3 Å². The summed E-state index contributed by atoms with van der Waals surface area (Å²) >= 11 is 6.61. The van der Waals surface area contributed by atoms with Gasteiger partial charge in [-0.05, 0) is 37.3 Å². The normalized spacial score (nSPS) is 22.4. The molecule has 0 fully saturated rings. The second-order valence-electron chi connectivity index (χ2n) is 8.38. The van der Waals surface area contributed by atoms with E-state index >= 15 is 0 Å². The lowest BCUT2D eigenvalue weighted by molar-refractivity contribution is -0.138. The van der Waals surface area contributed by atoms with Crippen LogP contribution in [0.4, 0.5) is 0 Å². The minimum Gasteiger partial charge on any atom is -0.463 e. The molecule has 7 heteroatoms. The zero-order valence-electron chi connectivity index (χ0n) is 17.0. The summed E-state index contributed by atoms with van der Waals surface area (Å²) in [5, 5.41) is 3.72. The van der Waals surface area contributed by atoms with Gasteiger partial charge in [0, 0.05) is 40.4 Å². The number of fused-ring (bicyclic) bond motifs is 1. The molecular formula is C22H24ClNO5. The van der Waals surface area contributed by atoms with Crippen LogP contribution >= 0.6 is 11.6 Å². The van der Waals surface area contributed by atoms with Crippen LogP contribution in [0, 0.1) is 5.41 Å². The molecule has 1 aliphatic carbocycles. The number of hydrogen-bond acceptors (Lipinski definition) is 6. The number of carbonyl (C=O) groups is 2. The van der Waals surface area contributed by atoms with Crippen molar-refractivity contribution in [1.29, 1.82) is 0 Å². The second-order valence-corrected chi connectivity index (χ2v) is 8.78. The highest BCUT2D eigenvalue weighted by Gasteiger charge is 2.44. The van der Waals surface area contributed by atoms with E-state index in [-0.39, 0.29) is 24.6 Å². The molecule has 0 saturated heterocycles. The number of nitrogens with one attached hydrogen (secondary N) is 1. The fraction of sp³-hybridized carbons (Fsp3) is 0.455. The van der Waals surface area contributed by atoms with Gasteiger partial charge in [-0.3, -0.25) is 4.79 Å². The third-order valence-electron chi connectivity index (χ3n) is 5.54. The maximum atomic E-state index is 13.2. The first-order chi connectivity index (χ1) is 13.7. The summed E-state index contributed by atoms with van der Waals surface area (Å²) in [4.78, 5) is 26.1. The van der Waals surface area contributed by atoms with E-state index in [0.29, 0.717) is 51.8 Å². The molecule has 4 rings (SSSR count). The summed E-state index contributed by atoms with van der Waals surface area (Å²) in [6.07, 6.45) is 1.11. The molecule has 0 spiro atoms. The molecule has 0 unspecified atom stereocenters. The van der Waals surface area contributed by atoms with Crippen LogP contribution in [-0.2, 0) is 14.3 Å². The molecule has 1 aromatic rings. The molecular weight excluding hydrogens is 394 g/mol. The van der Waals surface area contributed by atoms with Gasteiger partial charge >= 0.3 is 5.97 Å². The first-order valence-corrected chi connectivity index (χ1v) is 10.1. The van der Waals surface area contributed by atoms with Crippen molar-refractivity contribution in [3.8, 4) is 11.5 Å². The monoisotopic (exact) mass is 417 g/mol. The van der Waals surface area contributed by atoms with E-state index in [2.05, 4.69) is 19.2 Å². The van der Waals surface area contributed by atoms with E-state index in [0.717, 1.165) is 5.70 Å². The van der Waals surface area contributed by atoms with Gasteiger partial charge in [-0.1, -0.05) is 25.4 Å². The van der Waals surface area contributed by atoms with Gasteiger partial charge in [0.05, 0.1) is 12.2 Å². The summed E-state index contributed by atoms with van der Waals surface area (Å²) in [7, 11) is 0. The molecule has 154 valence electrons. The summed E-state index contributed by atoms with van der Waals surface area (Å²) in [5.74, 6) is 0.0407. The van der Waals surface area contributed by atoms with Crippen LogP contribution < -0.4 is 14.8 Å². The van der Waals surface area contributed by atoms with Crippen molar-refractivity contribution >= 4 is 23.4 Å². The minimum atomic E-state index is -0.615. The highest BCUT2D eigenvalue weighted by atomic mass is 35.5. The number of halogens is 1. The van der Waals surface area contributed by atoms with Crippen molar-refractivity contribution in [1.82, 2.24) is 5.32 Å². The number of ether oxygens (including phenoxy) is 3. The molecule has 0 aromatic heterocycles. The second kappa shape index (κ2) is 7.10. The summed E-state index contributed by atoms with van der Waals surface area (Å²) < 4.78 is 16.3. The Balaban J connectivity index is 1.92. The molecule has 1 aromatic carbocycles. The predicted octanol–water partition coefficient (Wildman–Crippen LogP) is 4.24. The van der Waals surface area contributed by atoms with Gasteiger partial charge in [-0.2, -0.15) is 0 Å². The van der Waals surface area contributed by atoms with Crippen molar-refractivity contribution in [2.75, 3.05) is 13.4 Å². The van der Waals surface area contributed by atoms with Crippen molar-refractivity contribution in [3.05, 3.63) is 45.3 Å². The Labute approximate surface area is 174 Å². The number of ketones is 1. The number of hydrogen-bond donors (Lipinski definition) is 1. The average Bonchev–Trinajstić information content (AvgIpc) is 3.05. The number of dihydropyridines is 1. The van der Waals surface area contributed by atoms with Crippen LogP contribution in [0.25, 0.3) is 0 Å². The van der Waals surface area contributed by atoms with E-state index in [1.54, 1.807) is 19.1 Å². The number of esters is 1. The van der Waals surface area contributed by atoms with Crippen LogP contribution in [0.1, 0.15) is 52.0 Å². The zero-order chi connectivity index (χ0) is 20.9. The molecule has 1 atom stereocenters. The highest BCUT2D eigenvalue weighted by Crippen LogP contribution is 2.50. The van der Waals surface area contributed by atoms with E-state index in [1.165, 1.54) is 0 Å². The summed E-state index contributed by atoms with van der Waals surface area (Å²) in [6, 6.07) is 3.45. The summed E-state index contributed by atoms with van der Waals surface area (Å²) in [6.45, 7) is 8.07. The SMILES string of the molecule is CCOC(=O)C1=C(C)NC2=C(C(=O)CC(C)(C)C2)[C@H]1c1cc2c(cc1Cl)OCO2. The molecule has 2 aliphatic heterocycles. The standard InChI is InChI=1S/C22H24ClNO5/c1-5-27-21(26)18-11(2)24-14-8-22(3,4)9-15(25)20(14)19(18)12-6-16-17(7-13(12)23)29-10-28-16/h6-7,19,24H,5,8-10H2,1-4H3/t19-/m0/s1. The van der Waals surface area contributed by atoms with E-state index in [9.17, 15) is 9.59 Å². The van der Waals surface area contributed by atoms with Crippen molar-refractivity contribution in [2.24, 2.45) is 5.41 Å². The van der Waals surface area contributed by atoms with Gasteiger partial charge in [-0.15, -0.1) is 0 Å². The molecule has 6 nitrogen and oxygen atoms in total. The van der Waals surface area contributed by atoms with Crippen molar-refractivity contribution in [3.63, 3.8) is 0 Å². The third kappa shape index (κ3) is 3.39. The Bertz CT molecular complexity index is 976. The largest absolute Gasteiger partial charge is 0.463 e. The Kier molecular flexibility index (Phi) is 4.85. The maximum absolute atomic E-state index is 13.2. The van der Waals surface area contributed by atoms with Crippen LogP contribution in [0.3, 0.4) is 0 Å². The molecule has 29 heavy (non-hydrogen) atoms. The number of carbonyl (C=O) groups excluding carboxylic acids is 2.